The highest BCUT2D eigenvalue weighted by Gasteiger charge is 2.24. The van der Waals surface area contributed by atoms with Crippen molar-refractivity contribution in [2.45, 2.75) is 25.7 Å². The van der Waals surface area contributed by atoms with E-state index in [-0.39, 0.29) is 29.8 Å². The molecule has 1 aliphatic heterocycles. The van der Waals surface area contributed by atoms with Gasteiger partial charge >= 0.3 is 11.9 Å². The van der Waals surface area contributed by atoms with Crippen LogP contribution in [-0.2, 0) is 19.1 Å². The Morgan fingerprint density at radius 1 is 1.10 bits per heavy atom. The Hall–Kier alpha value is -3.64. The van der Waals surface area contributed by atoms with Gasteiger partial charge in [0.1, 0.15) is 23.2 Å². The Balaban J connectivity index is 1.40. The predicted molar refractivity (Wildman–Crippen MR) is 144 cm³/mol. The second-order valence-electron chi connectivity index (χ2n) is 9.26. The highest BCUT2D eigenvalue weighted by atomic mass is 35.5. The van der Waals surface area contributed by atoms with Gasteiger partial charge in [-0.15, -0.1) is 0 Å². The average molecular weight is 560 g/mol. The lowest BCUT2D eigenvalue weighted by molar-refractivity contribution is -0.141. The molecule has 1 aliphatic rings. The summed E-state index contributed by atoms with van der Waals surface area (Å²) in [7, 11) is 2.74. The molecule has 13 heteroatoms. The van der Waals surface area contributed by atoms with Gasteiger partial charge in [0.25, 0.3) is 0 Å². The molecule has 0 radical (unpaired) electrons. The minimum Gasteiger partial charge on any atom is -0.469 e. The van der Waals surface area contributed by atoms with Gasteiger partial charge in [0.2, 0.25) is 5.95 Å². The normalized spacial score (nSPS) is 14.0. The fourth-order valence-electron chi connectivity index (χ4n) is 4.48. The van der Waals surface area contributed by atoms with Crippen molar-refractivity contribution < 1.29 is 23.5 Å². The zero-order valence-electron chi connectivity index (χ0n) is 21.9. The van der Waals surface area contributed by atoms with Crippen molar-refractivity contribution in [3.05, 3.63) is 41.6 Å². The lowest BCUT2D eigenvalue weighted by Crippen LogP contribution is -2.40. The molecule has 1 N–H and O–H groups in total. The van der Waals surface area contributed by atoms with Crippen LogP contribution in [0.25, 0.3) is 11.0 Å². The molecule has 3 heterocycles. The summed E-state index contributed by atoms with van der Waals surface area (Å²) in [5.41, 5.74) is 1.69. The van der Waals surface area contributed by atoms with Gasteiger partial charge in [-0.05, 0) is 37.0 Å². The number of anilines is 3. The number of methoxy groups -OCH3 is 2. The number of carbonyl (C=O) groups excluding carboxylic acids is 2. The van der Waals surface area contributed by atoms with Gasteiger partial charge in [-0.25, -0.2) is 24.3 Å². The molecule has 0 atom stereocenters. The van der Waals surface area contributed by atoms with Crippen molar-refractivity contribution in [3.63, 3.8) is 0 Å². The first kappa shape index (κ1) is 28.4. The second kappa shape index (κ2) is 13.4. The third-order valence-corrected chi connectivity index (χ3v) is 6.97. The number of nitrogens with zero attached hydrogens (tertiary/aromatic N) is 6. The molecule has 0 spiro atoms. The van der Waals surface area contributed by atoms with Crippen molar-refractivity contribution in [2.75, 3.05) is 57.2 Å². The molecule has 0 amide bonds. The van der Waals surface area contributed by atoms with Gasteiger partial charge in [-0.3, -0.25) is 9.59 Å². The van der Waals surface area contributed by atoms with E-state index in [1.54, 1.807) is 12.3 Å². The van der Waals surface area contributed by atoms with Crippen LogP contribution in [0.4, 0.5) is 21.8 Å². The molecule has 1 aromatic carbocycles. The smallest absolute Gasteiger partial charge is 0.306 e. The summed E-state index contributed by atoms with van der Waals surface area (Å²) >= 11 is 5.92. The summed E-state index contributed by atoms with van der Waals surface area (Å²) in [6, 6.07) is 4.34. The minimum absolute atomic E-state index is 0.00528. The Kier molecular flexibility index (Phi) is 9.77. The van der Waals surface area contributed by atoms with E-state index in [4.69, 9.17) is 26.1 Å². The molecule has 11 nitrogen and oxygen atoms in total. The van der Waals surface area contributed by atoms with E-state index in [2.05, 4.69) is 30.1 Å². The van der Waals surface area contributed by atoms with E-state index in [1.807, 2.05) is 0 Å². The summed E-state index contributed by atoms with van der Waals surface area (Å²) in [4.78, 5) is 45.4. The second-order valence-corrected chi connectivity index (χ2v) is 9.67. The number of benzene rings is 1. The maximum absolute atomic E-state index is 13.6. The van der Waals surface area contributed by atoms with Crippen LogP contribution in [0.15, 0.2) is 30.7 Å². The molecule has 0 saturated carbocycles. The number of piperidine rings is 1. The first-order valence-electron chi connectivity index (χ1n) is 12.7. The molecule has 39 heavy (non-hydrogen) atoms. The van der Waals surface area contributed by atoms with Crippen LogP contribution in [0, 0.1) is 11.7 Å². The van der Waals surface area contributed by atoms with E-state index >= 15 is 0 Å². The maximum Gasteiger partial charge on any atom is 0.306 e. The number of aromatic nitrogens is 4. The standard InChI is InChI=1S/C26H31ClFN7O4/c1-38-22(36)7-9-34(10-8-23(37)39-2)15-17-5-11-35(12-6-17)26-29-14-21-24(33-26)25(31-16-30-21)32-18-3-4-20(28)19(27)13-18/h3-4,13-14,16-17H,5-12,15H2,1-2H3,(H,30,31,32). The number of hydrogen-bond donors (Lipinski definition) is 1. The average Bonchev–Trinajstić information content (AvgIpc) is 2.96. The maximum atomic E-state index is 13.6. The molecular weight excluding hydrogens is 529 g/mol. The van der Waals surface area contributed by atoms with Crippen LogP contribution in [0.5, 0.6) is 0 Å². The third-order valence-electron chi connectivity index (χ3n) is 6.68. The van der Waals surface area contributed by atoms with Crippen molar-refractivity contribution in [2.24, 2.45) is 5.92 Å². The number of hydrogen-bond acceptors (Lipinski definition) is 11. The van der Waals surface area contributed by atoms with E-state index in [9.17, 15) is 14.0 Å². The molecule has 1 saturated heterocycles. The lowest BCUT2D eigenvalue weighted by Gasteiger charge is -2.34. The van der Waals surface area contributed by atoms with Crippen LogP contribution in [0.3, 0.4) is 0 Å². The number of nitrogens with one attached hydrogen (secondary N) is 1. The van der Waals surface area contributed by atoms with Gasteiger partial charge < -0.3 is 24.6 Å². The SMILES string of the molecule is COC(=O)CCN(CCC(=O)OC)CC1CCN(c2ncc3ncnc(Nc4ccc(F)c(Cl)c4)c3n2)CC1. The van der Waals surface area contributed by atoms with E-state index < -0.39 is 5.82 Å². The number of esters is 2. The van der Waals surface area contributed by atoms with Gasteiger partial charge in [0.15, 0.2) is 5.82 Å². The van der Waals surface area contributed by atoms with Crippen molar-refractivity contribution in [1.82, 2.24) is 24.8 Å². The third kappa shape index (κ3) is 7.70. The first-order valence-corrected chi connectivity index (χ1v) is 13.0. The summed E-state index contributed by atoms with van der Waals surface area (Å²) in [6.07, 6.45) is 5.41. The fourth-order valence-corrected chi connectivity index (χ4v) is 4.66. The molecule has 0 bridgehead atoms. The Bertz CT molecular complexity index is 1290. The lowest BCUT2D eigenvalue weighted by atomic mass is 9.96. The Labute approximate surface area is 230 Å². The van der Waals surface area contributed by atoms with Crippen molar-refractivity contribution in [1.29, 1.82) is 0 Å². The Morgan fingerprint density at radius 2 is 1.79 bits per heavy atom. The number of carbonyl (C=O) groups is 2. The quantitative estimate of drug-likeness (QED) is 0.347. The number of ether oxygens (including phenoxy) is 2. The summed E-state index contributed by atoms with van der Waals surface area (Å²) < 4.78 is 23.1. The largest absolute Gasteiger partial charge is 0.469 e. The van der Waals surface area contributed by atoms with Crippen molar-refractivity contribution >= 4 is 52.0 Å². The van der Waals surface area contributed by atoms with E-state index in [0.717, 1.165) is 32.5 Å². The topological polar surface area (TPSA) is 123 Å². The fraction of sp³-hybridized carbons (Fsp3) is 0.462. The zero-order valence-corrected chi connectivity index (χ0v) is 22.7. The summed E-state index contributed by atoms with van der Waals surface area (Å²) in [6.45, 7) is 3.31. The molecular formula is C26H31ClFN7O4. The molecule has 2 aromatic heterocycles. The molecule has 0 aliphatic carbocycles. The molecule has 208 valence electrons. The molecule has 3 aromatic rings. The number of halogens is 2. The van der Waals surface area contributed by atoms with Gasteiger partial charge in [0, 0.05) is 38.4 Å². The highest BCUT2D eigenvalue weighted by molar-refractivity contribution is 6.31. The summed E-state index contributed by atoms with van der Waals surface area (Å²) in [5.74, 6) is 0.374. The van der Waals surface area contributed by atoms with Gasteiger partial charge in [-0.2, -0.15) is 0 Å². The molecule has 0 unspecified atom stereocenters. The van der Waals surface area contributed by atoms with Crippen LogP contribution in [-0.4, -0.2) is 83.7 Å². The number of rotatable bonds is 11. The van der Waals surface area contributed by atoms with Crippen molar-refractivity contribution in [3.8, 4) is 0 Å². The van der Waals surface area contributed by atoms with E-state index in [1.165, 1.54) is 32.7 Å². The predicted octanol–water partition coefficient (Wildman–Crippen LogP) is 3.60. The Morgan fingerprint density at radius 3 is 2.44 bits per heavy atom. The first-order chi connectivity index (χ1) is 18.9. The summed E-state index contributed by atoms with van der Waals surface area (Å²) in [5, 5.41) is 3.14. The van der Waals surface area contributed by atoms with Gasteiger partial charge in [-0.1, -0.05) is 11.6 Å². The van der Waals surface area contributed by atoms with Gasteiger partial charge in [0.05, 0.1) is 38.3 Å². The molecule has 1 fully saturated rings. The van der Waals surface area contributed by atoms with Crippen LogP contribution < -0.4 is 10.2 Å². The number of fused-ring (bicyclic) bond motifs is 1. The van der Waals surface area contributed by atoms with Crippen LogP contribution in [0.1, 0.15) is 25.7 Å². The highest BCUT2D eigenvalue weighted by Crippen LogP contribution is 2.27. The minimum atomic E-state index is -0.502. The van der Waals surface area contributed by atoms with Crippen LogP contribution in [0.2, 0.25) is 5.02 Å². The molecule has 4 rings (SSSR count). The zero-order chi connectivity index (χ0) is 27.8. The van der Waals surface area contributed by atoms with E-state index in [0.29, 0.717) is 47.5 Å². The van der Waals surface area contributed by atoms with Crippen LogP contribution >= 0.6 is 11.6 Å². The monoisotopic (exact) mass is 559 g/mol.